The number of thioether (sulfide) groups is 1. The van der Waals surface area contributed by atoms with Gasteiger partial charge in [0.25, 0.3) is 0 Å². The zero-order chi connectivity index (χ0) is 15.1. The molecule has 0 spiro atoms. The van der Waals surface area contributed by atoms with Gasteiger partial charge in [-0.2, -0.15) is 0 Å². The van der Waals surface area contributed by atoms with E-state index in [-0.39, 0.29) is 23.6 Å². The van der Waals surface area contributed by atoms with E-state index in [1.165, 1.54) is 0 Å². The highest BCUT2D eigenvalue weighted by Gasteiger charge is 2.48. The van der Waals surface area contributed by atoms with E-state index in [2.05, 4.69) is 0 Å². The Morgan fingerprint density at radius 2 is 1.90 bits per heavy atom. The lowest BCUT2D eigenvalue weighted by Gasteiger charge is -2.41. The summed E-state index contributed by atoms with van der Waals surface area (Å²) in [5.41, 5.74) is -0.862. The second-order valence-electron chi connectivity index (χ2n) is 5.38. The molecule has 4 N–H and O–H groups in total. The molecule has 3 aliphatic heterocycles. The Hall–Kier alpha value is -0.260. The first-order valence-electron chi connectivity index (χ1n) is 6.77. The topological polar surface area (TPSA) is 126 Å². The number of hydrogen-bond acceptors (Lipinski definition) is 9. The second kappa shape index (κ2) is 6.09. The standard InChI is InChI=1S/C12H18O8S/c13-2-5-8(15)9(16)10(17)12(20-5)21-7-1-4(14)11-18-3-6(7)19-11/h5-13,15-17H,1-3H2/t5-,6-,7+,8-,9+,10-,11-,12+/m1/s1. The summed E-state index contributed by atoms with van der Waals surface area (Å²) in [4.78, 5) is 11.7. The Kier molecular flexibility index (Phi) is 4.53. The molecule has 0 aromatic carbocycles. The molecule has 21 heavy (non-hydrogen) atoms. The molecule has 0 aromatic rings. The molecule has 0 aromatic heterocycles. The van der Waals surface area contributed by atoms with Gasteiger partial charge in [-0.15, -0.1) is 11.8 Å². The maximum absolute atomic E-state index is 11.7. The van der Waals surface area contributed by atoms with Crippen LogP contribution in [0.5, 0.6) is 0 Å². The fraction of sp³-hybridized carbons (Fsp3) is 0.917. The molecule has 3 rings (SSSR count). The van der Waals surface area contributed by atoms with Crippen LogP contribution in [0.2, 0.25) is 0 Å². The van der Waals surface area contributed by atoms with Crippen LogP contribution in [0.3, 0.4) is 0 Å². The van der Waals surface area contributed by atoms with E-state index >= 15 is 0 Å². The van der Waals surface area contributed by atoms with Crippen molar-refractivity contribution >= 4 is 17.5 Å². The second-order valence-corrected chi connectivity index (χ2v) is 6.72. The summed E-state index contributed by atoms with van der Waals surface area (Å²) in [6.45, 7) is -0.178. The molecular weight excluding hydrogens is 304 g/mol. The van der Waals surface area contributed by atoms with Gasteiger partial charge in [-0.25, -0.2) is 0 Å². The molecule has 120 valence electrons. The van der Waals surface area contributed by atoms with Crippen LogP contribution in [0.4, 0.5) is 0 Å². The molecule has 9 heteroatoms. The van der Waals surface area contributed by atoms with Crippen molar-refractivity contribution in [1.82, 2.24) is 0 Å². The van der Waals surface area contributed by atoms with Gasteiger partial charge in [0, 0.05) is 11.7 Å². The maximum atomic E-state index is 11.7. The van der Waals surface area contributed by atoms with Crippen LogP contribution in [0.1, 0.15) is 6.42 Å². The van der Waals surface area contributed by atoms with Gasteiger partial charge in [-0.3, -0.25) is 4.79 Å². The molecule has 8 atom stereocenters. The van der Waals surface area contributed by atoms with Crippen molar-refractivity contribution in [2.45, 2.75) is 53.9 Å². The molecule has 0 unspecified atom stereocenters. The number of ketones is 1. The summed E-state index contributed by atoms with van der Waals surface area (Å²) in [7, 11) is 0. The lowest BCUT2D eigenvalue weighted by Crippen LogP contribution is -2.58. The zero-order valence-electron chi connectivity index (χ0n) is 11.1. The zero-order valence-corrected chi connectivity index (χ0v) is 11.9. The third-order valence-electron chi connectivity index (χ3n) is 3.95. The number of aliphatic hydroxyl groups excluding tert-OH is 4. The van der Waals surface area contributed by atoms with E-state index in [1.807, 2.05) is 0 Å². The van der Waals surface area contributed by atoms with Crippen molar-refractivity contribution in [2.75, 3.05) is 13.2 Å². The Morgan fingerprint density at radius 1 is 1.14 bits per heavy atom. The quantitative estimate of drug-likeness (QED) is 0.450. The van der Waals surface area contributed by atoms with Crippen LogP contribution in [-0.2, 0) is 19.0 Å². The van der Waals surface area contributed by atoms with E-state index in [9.17, 15) is 20.1 Å². The Labute approximate surface area is 125 Å². The minimum atomic E-state index is -1.42. The average Bonchev–Trinajstić information content (AvgIpc) is 2.91. The van der Waals surface area contributed by atoms with Crippen molar-refractivity contribution in [3.8, 4) is 0 Å². The van der Waals surface area contributed by atoms with Crippen LogP contribution < -0.4 is 0 Å². The van der Waals surface area contributed by atoms with Gasteiger partial charge in [-0.1, -0.05) is 0 Å². The van der Waals surface area contributed by atoms with Gasteiger partial charge in [0.15, 0.2) is 5.78 Å². The fourth-order valence-corrected chi connectivity index (χ4v) is 4.15. The number of carbonyl (C=O) groups excluding carboxylic acids is 1. The Bertz CT molecular complexity index is 405. The predicted molar refractivity (Wildman–Crippen MR) is 69.4 cm³/mol. The SMILES string of the molecule is O=C1C[C@H](S[C@@H]2O[C@H](CO)[C@@H](O)[C@H](O)[C@H]2O)[C@H]2CO[C@@H]1O2. The summed E-state index contributed by atoms with van der Waals surface area (Å²) < 4.78 is 16.0. The van der Waals surface area contributed by atoms with Crippen molar-refractivity contribution in [2.24, 2.45) is 0 Å². The number of fused-ring (bicyclic) bond motifs is 2. The average molecular weight is 322 g/mol. The fourth-order valence-electron chi connectivity index (χ4n) is 2.70. The number of ether oxygens (including phenoxy) is 3. The molecule has 3 saturated heterocycles. The first-order chi connectivity index (χ1) is 10.0. The van der Waals surface area contributed by atoms with Crippen LogP contribution in [0.15, 0.2) is 0 Å². The molecule has 3 heterocycles. The first kappa shape index (κ1) is 15.6. The first-order valence-corrected chi connectivity index (χ1v) is 7.71. The minimum absolute atomic E-state index is 0.161. The summed E-state index contributed by atoms with van der Waals surface area (Å²) in [5.74, 6) is -0.161. The van der Waals surface area contributed by atoms with E-state index in [1.54, 1.807) is 0 Å². The summed E-state index contributed by atoms with van der Waals surface area (Å²) in [6.07, 6.45) is -5.90. The number of rotatable bonds is 3. The summed E-state index contributed by atoms with van der Waals surface area (Å²) in [5, 5.41) is 38.4. The van der Waals surface area contributed by atoms with Crippen LogP contribution >= 0.6 is 11.8 Å². The molecule has 3 fully saturated rings. The summed E-state index contributed by atoms with van der Waals surface area (Å²) >= 11 is 1.16. The number of hydrogen-bond donors (Lipinski definition) is 4. The molecule has 2 bridgehead atoms. The van der Waals surface area contributed by atoms with E-state index in [0.717, 1.165) is 11.8 Å². The van der Waals surface area contributed by atoms with Crippen molar-refractivity contribution in [3.05, 3.63) is 0 Å². The van der Waals surface area contributed by atoms with Gasteiger partial charge in [0.2, 0.25) is 6.29 Å². The third kappa shape index (κ3) is 2.84. The van der Waals surface area contributed by atoms with Crippen LogP contribution in [-0.4, -0.2) is 86.9 Å². The monoisotopic (exact) mass is 322 g/mol. The van der Waals surface area contributed by atoms with Gasteiger partial charge < -0.3 is 34.6 Å². The van der Waals surface area contributed by atoms with Crippen molar-refractivity contribution < 1.29 is 39.4 Å². The Balaban J connectivity index is 1.67. The molecular formula is C12H18O8S. The number of aliphatic hydroxyl groups is 4. The lowest BCUT2D eigenvalue weighted by molar-refractivity contribution is -0.205. The predicted octanol–water partition coefficient (Wildman–Crippen LogP) is -2.40. The molecule has 0 aliphatic carbocycles. The summed E-state index contributed by atoms with van der Waals surface area (Å²) in [6, 6.07) is 0. The molecule has 8 nitrogen and oxygen atoms in total. The smallest absolute Gasteiger partial charge is 0.218 e. The van der Waals surface area contributed by atoms with Crippen molar-refractivity contribution in [1.29, 1.82) is 0 Å². The van der Waals surface area contributed by atoms with Crippen molar-refractivity contribution in [3.63, 3.8) is 0 Å². The number of carbonyl (C=O) groups is 1. The largest absolute Gasteiger partial charge is 0.394 e. The number of Topliss-reactive ketones (excluding diaryl/α,β-unsaturated/α-hetero) is 1. The van der Waals surface area contributed by atoms with E-state index < -0.39 is 42.7 Å². The Morgan fingerprint density at radius 3 is 2.62 bits per heavy atom. The third-order valence-corrected chi connectivity index (χ3v) is 5.43. The lowest BCUT2D eigenvalue weighted by atomic mass is 10.0. The van der Waals surface area contributed by atoms with Gasteiger partial charge in [0.1, 0.15) is 29.9 Å². The molecule has 0 saturated carbocycles. The van der Waals surface area contributed by atoms with Crippen LogP contribution in [0.25, 0.3) is 0 Å². The highest BCUT2D eigenvalue weighted by Crippen LogP contribution is 2.38. The normalized spacial score (nSPS) is 50.4. The minimum Gasteiger partial charge on any atom is -0.394 e. The van der Waals surface area contributed by atoms with Gasteiger partial charge in [-0.05, 0) is 0 Å². The van der Waals surface area contributed by atoms with Crippen LogP contribution in [0, 0.1) is 0 Å². The maximum Gasteiger partial charge on any atom is 0.218 e. The molecule has 3 aliphatic rings. The highest BCUT2D eigenvalue weighted by molar-refractivity contribution is 8.00. The van der Waals surface area contributed by atoms with E-state index in [0.29, 0.717) is 6.61 Å². The van der Waals surface area contributed by atoms with Gasteiger partial charge >= 0.3 is 0 Å². The van der Waals surface area contributed by atoms with E-state index in [4.69, 9.17) is 19.3 Å². The highest BCUT2D eigenvalue weighted by atomic mass is 32.2. The molecule has 0 radical (unpaired) electrons. The molecule has 0 amide bonds. The van der Waals surface area contributed by atoms with Gasteiger partial charge in [0.05, 0.1) is 19.3 Å².